The molecule has 0 saturated heterocycles. The van der Waals surface area contributed by atoms with Gasteiger partial charge in [-0.1, -0.05) is 44.2 Å². The van der Waals surface area contributed by atoms with Gasteiger partial charge in [-0.3, -0.25) is 0 Å². The molecule has 0 fully saturated rings. The van der Waals surface area contributed by atoms with Crippen LogP contribution >= 0.6 is 0 Å². The van der Waals surface area contributed by atoms with Crippen molar-refractivity contribution in [1.29, 1.82) is 0 Å². The van der Waals surface area contributed by atoms with Crippen molar-refractivity contribution in [3.05, 3.63) is 71.2 Å². The second-order valence-electron chi connectivity index (χ2n) is 6.12. The molecule has 3 aromatic rings. The highest BCUT2D eigenvalue weighted by molar-refractivity contribution is 5.45. The minimum atomic E-state index is -0.540. The summed E-state index contributed by atoms with van der Waals surface area (Å²) >= 11 is 0. The molecule has 3 rings (SSSR count). The predicted octanol–water partition coefficient (Wildman–Crippen LogP) is 4.10. The van der Waals surface area contributed by atoms with Crippen molar-refractivity contribution in [2.75, 3.05) is 0 Å². The molecule has 22 heavy (non-hydrogen) atoms. The van der Waals surface area contributed by atoms with Gasteiger partial charge in [0.1, 0.15) is 5.65 Å². The van der Waals surface area contributed by atoms with Crippen molar-refractivity contribution in [3.8, 4) is 0 Å². The summed E-state index contributed by atoms with van der Waals surface area (Å²) in [6, 6.07) is 14.6. The molecule has 0 aliphatic heterocycles. The summed E-state index contributed by atoms with van der Waals surface area (Å²) in [6.07, 6.45) is 2.15. The van der Waals surface area contributed by atoms with Crippen LogP contribution in [0, 0.1) is 0 Å². The van der Waals surface area contributed by atoms with Gasteiger partial charge < -0.3 is 9.51 Å². The lowest BCUT2D eigenvalue weighted by molar-refractivity contribution is 0.192. The smallest absolute Gasteiger partial charge is 0.137 e. The van der Waals surface area contributed by atoms with Crippen molar-refractivity contribution < 1.29 is 5.11 Å². The monoisotopic (exact) mass is 294 g/mol. The number of imidazole rings is 1. The minimum Gasteiger partial charge on any atom is -0.387 e. The Morgan fingerprint density at radius 1 is 1.05 bits per heavy atom. The fourth-order valence-electron chi connectivity index (χ4n) is 2.85. The van der Waals surface area contributed by atoms with Crippen molar-refractivity contribution in [1.82, 2.24) is 9.38 Å². The normalized spacial score (nSPS) is 13.0. The Labute approximate surface area is 131 Å². The summed E-state index contributed by atoms with van der Waals surface area (Å²) in [4.78, 5) is 4.69. The number of fused-ring (bicyclic) bond motifs is 1. The summed E-state index contributed by atoms with van der Waals surface area (Å²) in [7, 11) is 0. The third-order valence-corrected chi connectivity index (χ3v) is 4.06. The first-order valence-corrected chi connectivity index (χ1v) is 7.79. The van der Waals surface area contributed by atoms with Crippen LogP contribution in [-0.4, -0.2) is 14.5 Å². The average Bonchev–Trinajstić information content (AvgIpc) is 2.85. The van der Waals surface area contributed by atoms with E-state index in [2.05, 4.69) is 43.1 Å². The number of aliphatic hydroxyl groups is 1. The summed E-state index contributed by atoms with van der Waals surface area (Å²) in [6.45, 7) is 6.19. The Bertz CT molecular complexity index is 770. The summed E-state index contributed by atoms with van der Waals surface area (Å²) in [5.41, 5.74) is 5.26. The van der Waals surface area contributed by atoms with E-state index in [0.717, 1.165) is 23.5 Å². The molecule has 0 aliphatic rings. The van der Waals surface area contributed by atoms with Crippen LogP contribution in [0.5, 0.6) is 0 Å². The molecular weight excluding hydrogens is 272 g/mol. The lowest BCUT2D eigenvalue weighted by atomic mass is 9.99. The molecule has 0 spiro atoms. The second-order valence-corrected chi connectivity index (χ2v) is 6.12. The molecule has 3 nitrogen and oxygen atoms in total. The van der Waals surface area contributed by atoms with E-state index in [0.29, 0.717) is 5.92 Å². The van der Waals surface area contributed by atoms with Crippen molar-refractivity contribution in [3.63, 3.8) is 0 Å². The summed E-state index contributed by atoms with van der Waals surface area (Å²) < 4.78 is 1.97. The van der Waals surface area contributed by atoms with E-state index in [-0.39, 0.29) is 0 Å². The summed E-state index contributed by atoms with van der Waals surface area (Å²) in [5.74, 6) is 0.539. The Balaban J connectivity index is 1.98. The van der Waals surface area contributed by atoms with E-state index in [4.69, 9.17) is 0 Å². The molecule has 1 N–H and O–H groups in total. The van der Waals surface area contributed by atoms with E-state index >= 15 is 0 Å². The largest absolute Gasteiger partial charge is 0.387 e. The van der Waals surface area contributed by atoms with E-state index in [1.165, 1.54) is 11.1 Å². The van der Waals surface area contributed by atoms with Gasteiger partial charge in [0.25, 0.3) is 0 Å². The number of benzene rings is 1. The van der Waals surface area contributed by atoms with Gasteiger partial charge >= 0.3 is 0 Å². The molecule has 3 heteroatoms. The first-order chi connectivity index (χ1) is 10.6. The van der Waals surface area contributed by atoms with E-state index in [1.54, 1.807) is 6.92 Å². The zero-order valence-electron chi connectivity index (χ0n) is 13.3. The quantitative estimate of drug-likeness (QED) is 0.786. The SMILES string of the molecule is CC(C)c1ccc(Cc2nc3ccccn3c2C(C)O)cc1. The fourth-order valence-corrected chi connectivity index (χ4v) is 2.85. The van der Waals surface area contributed by atoms with Gasteiger partial charge in [0.2, 0.25) is 0 Å². The molecule has 114 valence electrons. The van der Waals surface area contributed by atoms with Crippen molar-refractivity contribution in [2.24, 2.45) is 0 Å². The number of hydrogen-bond donors (Lipinski definition) is 1. The molecule has 0 saturated carbocycles. The highest BCUT2D eigenvalue weighted by Gasteiger charge is 2.16. The topological polar surface area (TPSA) is 37.5 Å². The van der Waals surface area contributed by atoms with Crippen LogP contribution in [0.25, 0.3) is 5.65 Å². The van der Waals surface area contributed by atoms with E-state index in [9.17, 15) is 5.11 Å². The zero-order chi connectivity index (χ0) is 15.7. The number of nitrogens with zero attached hydrogens (tertiary/aromatic N) is 2. The van der Waals surface area contributed by atoms with Crippen LogP contribution < -0.4 is 0 Å². The van der Waals surface area contributed by atoms with Gasteiger partial charge in [-0.25, -0.2) is 4.98 Å². The van der Waals surface area contributed by atoms with Gasteiger partial charge in [-0.15, -0.1) is 0 Å². The minimum absolute atomic E-state index is 0.539. The molecule has 0 radical (unpaired) electrons. The Morgan fingerprint density at radius 3 is 2.41 bits per heavy atom. The standard InChI is InChI=1S/C19H22N2O/c1-13(2)16-9-7-15(8-10-16)12-17-19(14(3)22)21-11-5-4-6-18(21)20-17/h4-11,13-14,22H,12H2,1-3H3. The van der Waals surface area contributed by atoms with Crippen LogP contribution in [0.2, 0.25) is 0 Å². The molecular formula is C19H22N2O. The molecule has 1 atom stereocenters. The van der Waals surface area contributed by atoms with Crippen LogP contribution in [0.1, 0.15) is 55.3 Å². The average molecular weight is 294 g/mol. The van der Waals surface area contributed by atoms with Crippen LogP contribution in [0.4, 0.5) is 0 Å². The van der Waals surface area contributed by atoms with Gasteiger partial charge in [0, 0.05) is 12.6 Å². The highest BCUT2D eigenvalue weighted by atomic mass is 16.3. The van der Waals surface area contributed by atoms with Crippen LogP contribution in [0.15, 0.2) is 48.7 Å². The van der Waals surface area contributed by atoms with Crippen LogP contribution in [0.3, 0.4) is 0 Å². The molecule has 2 aromatic heterocycles. The van der Waals surface area contributed by atoms with Crippen LogP contribution in [-0.2, 0) is 6.42 Å². The fraction of sp³-hybridized carbons (Fsp3) is 0.316. The molecule has 1 unspecified atom stereocenters. The predicted molar refractivity (Wildman–Crippen MR) is 89.2 cm³/mol. The molecule has 2 heterocycles. The highest BCUT2D eigenvalue weighted by Crippen LogP contribution is 2.23. The second kappa shape index (κ2) is 5.93. The number of rotatable bonds is 4. The lowest BCUT2D eigenvalue weighted by Gasteiger charge is -2.09. The Hall–Kier alpha value is -2.13. The lowest BCUT2D eigenvalue weighted by Crippen LogP contribution is -2.02. The van der Waals surface area contributed by atoms with E-state index < -0.39 is 6.10 Å². The maximum Gasteiger partial charge on any atom is 0.137 e. The first kappa shape index (κ1) is 14.8. The first-order valence-electron chi connectivity index (χ1n) is 7.79. The third-order valence-electron chi connectivity index (χ3n) is 4.06. The molecule has 0 aliphatic carbocycles. The Morgan fingerprint density at radius 2 is 1.77 bits per heavy atom. The summed E-state index contributed by atoms with van der Waals surface area (Å²) in [5, 5.41) is 10.1. The number of hydrogen-bond acceptors (Lipinski definition) is 2. The van der Waals surface area contributed by atoms with Crippen molar-refractivity contribution in [2.45, 2.75) is 39.2 Å². The zero-order valence-corrected chi connectivity index (χ0v) is 13.3. The van der Waals surface area contributed by atoms with Gasteiger partial charge in [0.05, 0.1) is 17.5 Å². The maximum absolute atomic E-state index is 10.1. The van der Waals surface area contributed by atoms with E-state index in [1.807, 2.05) is 28.8 Å². The molecule has 0 bridgehead atoms. The van der Waals surface area contributed by atoms with Crippen molar-refractivity contribution >= 4 is 5.65 Å². The molecule has 0 amide bonds. The number of pyridine rings is 1. The third kappa shape index (κ3) is 2.77. The Kier molecular flexibility index (Phi) is 3.99. The maximum atomic E-state index is 10.1. The number of aromatic nitrogens is 2. The molecule has 1 aromatic carbocycles. The van der Waals surface area contributed by atoms with Gasteiger partial charge in [0.15, 0.2) is 0 Å². The van der Waals surface area contributed by atoms with Gasteiger partial charge in [-0.05, 0) is 36.1 Å². The number of aliphatic hydroxyl groups excluding tert-OH is 1. The van der Waals surface area contributed by atoms with Gasteiger partial charge in [-0.2, -0.15) is 0 Å².